The number of ether oxygens (including phenoxy) is 2. The third-order valence-corrected chi connectivity index (χ3v) is 2.87. The molecule has 0 unspecified atom stereocenters. The molecular weight excluding hydrogens is 214 g/mol. The van der Waals surface area contributed by atoms with Crippen LogP contribution in [-0.4, -0.2) is 27.8 Å². The van der Waals surface area contributed by atoms with Crippen molar-refractivity contribution in [3.63, 3.8) is 0 Å². The lowest BCUT2D eigenvalue weighted by molar-refractivity contribution is 0.390. The second kappa shape index (κ2) is 7.96. The highest BCUT2D eigenvalue weighted by atomic mass is 16.5. The van der Waals surface area contributed by atoms with E-state index >= 15 is 0 Å². The van der Waals surface area contributed by atoms with E-state index in [0.29, 0.717) is 0 Å². The van der Waals surface area contributed by atoms with Crippen molar-refractivity contribution >= 4 is 0 Å². The summed E-state index contributed by atoms with van der Waals surface area (Å²) in [5, 5.41) is 3.16. The van der Waals surface area contributed by atoms with Gasteiger partial charge in [-0.1, -0.05) is 12.5 Å². The van der Waals surface area contributed by atoms with Crippen LogP contribution in [0.25, 0.3) is 0 Å². The lowest BCUT2D eigenvalue weighted by atomic mass is 10.1. The summed E-state index contributed by atoms with van der Waals surface area (Å²) in [4.78, 5) is 0. The summed E-state index contributed by atoms with van der Waals surface area (Å²) in [7, 11) is 5.37. The summed E-state index contributed by atoms with van der Waals surface area (Å²) in [6, 6.07) is 6.03. The van der Waals surface area contributed by atoms with Crippen LogP contribution in [0.1, 0.15) is 24.8 Å². The molecule has 0 bridgehead atoms. The van der Waals surface area contributed by atoms with E-state index in [1.807, 2.05) is 19.2 Å². The molecule has 3 nitrogen and oxygen atoms in total. The van der Waals surface area contributed by atoms with E-state index < -0.39 is 0 Å². The number of benzene rings is 1. The number of hydrogen-bond acceptors (Lipinski definition) is 3. The zero-order valence-electron chi connectivity index (χ0n) is 11.1. The standard InChI is InChI=1S/C14H23NO2/c1-15-10-6-4-5-7-12-8-9-13(16-2)11-14(12)17-3/h8-9,11,15H,4-7,10H2,1-3H3. The Labute approximate surface area is 104 Å². The quantitative estimate of drug-likeness (QED) is 0.705. The van der Waals surface area contributed by atoms with Gasteiger partial charge in [0.2, 0.25) is 0 Å². The van der Waals surface area contributed by atoms with Crippen LogP contribution in [0.5, 0.6) is 11.5 Å². The summed E-state index contributed by atoms with van der Waals surface area (Å²) in [6.45, 7) is 1.10. The van der Waals surface area contributed by atoms with Gasteiger partial charge in [-0.3, -0.25) is 0 Å². The van der Waals surface area contributed by atoms with Gasteiger partial charge in [0.15, 0.2) is 0 Å². The first-order chi connectivity index (χ1) is 8.31. The van der Waals surface area contributed by atoms with Crippen molar-refractivity contribution in [2.24, 2.45) is 0 Å². The molecule has 0 aliphatic rings. The fourth-order valence-corrected chi connectivity index (χ4v) is 1.85. The van der Waals surface area contributed by atoms with Crippen LogP contribution in [0.4, 0.5) is 0 Å². The van der Waals surface area contributed by atoms with Gasteiger partial charge in [0.25, 0.3) is 0 Å². The minimum Gasteiger partial charge on any atom is -0.497 e. The van der Waals surface area contributed by atoms with Gasteiger partial charge in [-0.25, -0.2) is 0 Å². The molecule has 17 heavy (non-hydrogen) atoms. The predicted octanol–water partition coefficient (Wildman–Crippen LogP) is 2.64. The van der Waals surface area contributed by atoms with Crippen LogP contribution in [0.15, 0.2) is 18.2 Å². The van der Waals surface area contributed by atoms with Gasteiger partial charge >= 0.3 is 0 Å². The molecule has 0 radical (unpaired) electrons. The number of unbranched alkanes of at least 4 members (excludes halogenated alkanes) is 2. The number of rotatable bonds is 8. The van der Waals surface area contributed by atoms with Gasteiger partial charge in [-0.05, 0) is 44.5 Å². The maximum atomic E-state index is 5.37. The Morgan fingerprint density at radius 1 is 1.06 bits per heavy atom. The highest BCUT2D eigenvalue weighted by Crippen LogP contribution is 2.25. The number of methoxy groups -OCH3 is 2. The van der Waals surface area contributed by atoms with Crippen LogP contribution in [0.2, 0.25) is 0 Å². The molecule has 0 atom stereocenters. The van der Waals surface area contributed by atoms with Crippen molar-refractivity contribution in [3.8, 4) is 11.5 Å². The maximum absolute atomic E-state index is 5.37. The molecule has 0 aliphatic carbocycles. The van der Waals surface area contributed by atoms with Crippen LogP contribution in [0, 0.1) is 0 Å². The van der Waals surface area contributed by atoms with Crippen LogP contribution < -0.4 is 14.8 Å². The number of nitrogens with one attached hydrogen (secondary N) is 1. The molecule has 0 amide bonds. The maximum Gasteiger partial charge on any atom is 0.125 e. The highest BCUT2D eigenvalue weighted by Gasteiger charge is 2.04. The molecule has 0 saturated carbocycles. The lowest BCUT2D eigenvalue weighted by Crippen LogP contribution is -2.07. The Hall–Kier alpha value is -1.22. The monoisotopic (exact) mass is 237 g/mol. The van der Waals surface area contributed by atoms with Crippen molar-refractivity contribution in [1.29, 1.82) is 0 Å². The predicted molar refractivity (Wildman–Crippen MR) is 71.0 cm³/mol. The molecule has 1 rings (SSSR count). The Kier molecular flexibility index (Phi) is 6.48. The van der Waals surface area contributed by atoms with Crippen molar-refractivity contribution in [3.05, 3.63) is 23.8 Å². The first-order valence-corrected chi connectivity index (χ1v) is 6.17. The average molecular weight is 237 g/mol. The molecule has 0 fully saturated rings. The average Bonchev–Trinajstić information content (AvgIpc) is 2.38. The van der Waals surface area contributed by atoms with Gasteiger partial charge in [0, 0.05) is 6.07 Å². The lowest BCUT2D eigenvalue weighted by Gasteiger charge is -2.10. The van der Waals surface area contributed by atoms with E-state index in [-0.39, 0.29) is 0 Å². The fourth-order valence-electron chi connectivity index (χ4n) is 1.85. The highest BCUT2D eigenvalue weighted by molar-refractivity contribution is 5.40. The minimum absolute atomic E-state index is 0.848. The molecule has 3 heteroatoms. The smallest absolute Gasteiger partial charge is 0.125 e. The number of hydrogen-bond donors (Lipinski definition) is 1. The van der Waals surface area contributed by atoms with Gasteiger partial charge in [0.05, 0.1) is 14.2 Å². The Bertz CT molecular complexity index is 326. The van der Waals surface area contributed by atoms with Crippen LogP contribution in [-0.2, 0) is 6.42 Å². The van der Waals surface area contributed by atoms with E-state index in [0.717, 1.165) is 24.5 Å². The Morgan fingerprint density at radius 3 is 2.53 bits per heavy atom. The van der Waals surface area contributed by atoms with E-state index in [4.69, 9.17) is 9.47 Å². The second-order valence-electron chi connectivity index (χ2n) is 4.09. The van der Waals surface area contributed by atoms with Gasteiger partial charge in [-0.15, -0.1) is 0 Å². The topological polar surface area (TPSA) is 30.5 Å². The zero-order chi connectivity index (χ0) is 12.5. The Morgan fingerprint density at radius 2 is 1.88 bits per heavy atom. The van der Waals surface area contributed by atoms with Gasteiger partial charge < -0.3 is 14.8 Å². The molecule has 0 saturated heterocycles. The van der Waals surface area contributed by atoms with E-state index in [1.165, 1.54) is 24.8 Å². The molecule has 1 N–H and O–H groups in total. The molecular formula is C14H23NO2. The van der Waals surface area contributed by atoms with Gasteiger partial charge in [0.1, 0.15) is 11.5 Å². The molecule has 0 spiro atoms. The SMILES string of the molecule is CNCCCCCc1ccc(OC)cc1OC. The van der Waals surface area contributed by atoms with E-state index in [2.05, 4.69) is 11.4 Å². The molecule has 96 valence electrons. The summed E-state index contributed by atoms with van der Waals surface area (Å²) in [5.74, 6) is 1.78. The summed E-state index contributed by atoms with van der Waals surface area (Å²) in [5.41, 5.74) is 1.26. The minimum atomic E-state index is 0.848. The second-order valence-corrected chi connectivity index (χ2v) is 4.09. The van der Waals surface area contributed by atoms with E-state index in [1.54, 1.807) is 14.2 Å². The summed E-state index contributed by atoms with van der Waals surface area (Å²) in [6.07, 6.45) is 4.74. The summed E-state index contributed by atoms with van der Waals surface area (Å²) >= 11 is 0. The van der Waals surface area contributed by atoms with Crippen molar-refractivity contribution in [2.45, 2.75) is 25.7 Å². The molecule has 0 aromatic heterocycles. The summed E-state index contributed by atoms with van der Waals surface area (Å²) < 4.78 is 10.6. The Balaban J connectivity index is 2.46. The zero-order valence-corrected chi connectivity index (χ0v) is 11.1. The third kappa shape index (κ3) is 4.65. The largest absolute Gasteiger partial charge is 0.497 e. The third-order valence-electron chi connectivity index (χ3n) is 2.87. The number of aryl methyl sites for hydroxylation is 1. The first-order valence-electron chi connectivity index (χ1n) is 6.17. The molecule has 1 aromatic carbocycles. The first kappa shape index (κ1) is 13.8. The fraction of sp³-hybridized carbons (Fsp3) is 0.571. The van der Waals surface area contributed by atoms with Crippen LogP contribution in [0.3, 0.4) is 0 Å². The normalized spacial score (nSPS) is 10.3. The van der Waals surface area contributed by atoms with Gasteiger partial charge in [-0.2, -0.15) is 0 Å². The molecule has 1 aromatic rings. The van der Waals surface area contributed by atoms with Crippen molar-refractivity contribution in [1.82, 2.24) is 5.32 Å². The molecule has 0 aliphatic heterocycles. The van der Waals surface area contributed by atoms with E-state index in [9.17, 15) is 0 Å². The molecule has 0 heterocycles. The van der Waals surface area contributed by atoms with Crippen LogP contribution >= 0.6 is 0 Å². The van der Waals surface area contributed by atoms with Crippen molar-refractivity contribution < 1.29 is 9.47 Å². The van der Waals surface area contributed by atoms with Crippen molar-refractivity contribution in [2.75, 3.05) is 27.8 Å².